The third-order valence-electron chi connectivity index (χ3n) is 5.21. The molecule has 4 rings (SSSR count). The van der Waals surface area contributed by atoms with Crippen LogP contribution in [0.2, 0.25) is 0 Å². The van der Waals surface area contributed by atoms with Gasteiger partial charge in [0.2, 0.25) is 0 Å². The number of hydrogen-bond acceptors (Lipinski definition) is 5. The molecular weight excluding hydrogens is 316 g/mol. The Balaban J connectivity index is 1.65. The van der Waals surface area contributed by atoms with Crippen LogP contribution in [0.1, 0.15) is 36.8 Å². The van der Waals surface area contributed by atoms with Crippen LogP contribution in [0.25, 0.3) is 0 Å². The molecule has 0 radical (unpaired) electrons. The number of ether oxygens (including phenoxy) is 1. The zero-order valence-electron chi connectivity index (χ0n) is 14.7. The van der Waals surface area contributed by atoms with E-state index >= 15 is 0 Å². The molecule has 134 valence electrons. The monoisotopic (exact) mass is 342 g/mol. The standard InChI is InChI=1S/C19H26N4O2/c20-19(23-7-2-1-3-8-23)15-4-5-16(17-6-11-25-21-17)18(14-15)22-9-12-24-13-10-22/h4-5,14,20H,1-3,6-13H2. The topological polar surface area (TPSA) is 61.1 Å². The van der Waals surface area contributed by atoms with Crippen LogP contribution in [-0.2, 0) is 9.57 Å². The van der Waals surface area contributed by atoms with Gasteiger partial charge in [0.05, 0.1) is 18.9 Å². The van der Waals surface area contributed by atoms with Crippen molar-refractivity contribution in [1.29, 1.82) is 5.41 Å². The summed E-state index contributed by atoms with van der Waals surface area (Å²) in [6.07, 6.45) is 4.50. The normalized spacial score (nSPS) is 21.0. The van der Waals surface area contributed by atoms with Crippen molar-refractivity contribution in [3.8, 4) is 0 Å². The number of anilines is 1. The van der Waals surface area contributed by atoms with E-state index in [9.17, 15) is 0 Å². The number of morpholine rings is 1. The molecule has 0 spiro atoms. The van der Waals surface area contributed by atoms with E-state index in [0.29, 0.717) is 12.4 Å². The summed E-state index contributed by atoms with van der Waals surface area (Å²) in [6, 6.07) is 6.35. The molecule has 1 aromatic rings. The Kier molecular flexibility index (Phi) is 4.88. The van der Waals surface area contributed by atoms with Gasteiger partial charge >= 0.3 is 0 Å². The summed E-state index contributed by atoms with van der Waals surface area (Å²) < 4.78 is 5.51. The summed E-state index contributed by atoms with van der Waals surface area (Å²) >= 11 is 0. The van der Waals surface area contributed by atoms with Gasteiger partial charge in [-0.2, -0.15) is 0 Å². The average molecular weight is 342 g/mol. The molecule has 0 atom stereocenters. The van der Waals surface area contributed by atoms with E-state index in [1.54, 1.807) is 0 Å². The third-order valence-corrected chi connectivity index (χ3v) is 5.21. The van der Waals surface area contributed by atoms with E-state index in [1.165, 1.54) is 19.3 Å². The Morgan fingerprint density at radius 1 is 1.00 bits per heavy atom. The maximum absolute atomic E-state index is 8.64. The van der Waals surface area contributed by atoms with Crippen molar-refractivity contribution < 1.29 is 9.57 Å². The molecule has 3 heterocycles. The zero-order valence-corrected chi connectivity index (χ0v) is 14.7. The molecule has 0 aliphatic carbocycles. The van der Waals surface area contributed by atoms with Crippen LogP contribution in [0.15, 0.2) is 23.4 Å². The Bertz CT molecular complexity index is 661. The molecule has 2 saturated heterocycles. The van der Waals surface area contributed by atoms with Crippen molar-refractivity contribution in [1.82, 2.24) is 4.90 Å². The molecule has 1 aromatic carbocycles. The zero-order chi connectivity index (χ0) is 17.1. The van der Waals surface area contributed by atoms with Gasteiger partial charge in [0.15, 0.2) is 0 Å². The lowest BCUT2D eigenvalue weighted by atomic mass is 10.0. The molecule has 2 fully saturated rings. The maximum atomic E-state index is 8.64. The maximum Gasteiger partial charge on any atom is 0.128 e. The highest BCUT2D eigenvalue weighted by atomic mass is 16.6. The fourth-order valence-electron chi connectivity index (χ4n) is 3.78. The van der Waals surface area contributed by atoms with Crippen molar-refractivity contribution >= 4 is 17.2 Å². The predicted octanol–water partition coefficient (Wildman–Crippen LogP) is 2.46. The number of rotatable bonds is 3. The lowest BCUT2D eigenvalue weighted by Gasteiger charge is -2.32. The average Bonchev–Trinajstić information content (AvgIpc) is 3.23. The fourth-order valence-corrected chi connectivity index (χ4v) is 3.78. The van der Waals surface area contributed by atoms with E-state index < -0.39 is 0 Å². The first-order valence-electron chi connectivity index (χ1n) is 9.33. The molecule has 1 N–H and O–H groups in total. The van der Waals surface area contributed by atoms with Crippen molar-refractivity contribution in [3.05, 3.63) is 29.3 Å². The fraction of sp³-hybridized carbons (Fsp3) is 0.579. The molecule has 0 saturated carbocycles. The molecule has 3 aliphatic heterocycles. The van der Waals surface area contributed by atoms with Crippen molar-refractivity contribution in [2.45, 2.75) is 25.7 Å². The second kappa shape index (κ2) is 7.44. The summed E-state index contributed by atoms with van der Waals surface area (Å²) in [5.41, 5.74) is 4.30. The number of oxime groups is 1. The van der Waals surface area contributed by atoms with Gasteiger partial charge in [0, 0.05) is 49.4 Å². The Morgan fingerprint density at radius 2 is 1.80 bits per heavy atom. The highest BCUT2D eigenvalue weighted by Crippen LogP contribution is 2.27. The van der Waals surface area contributed by atoms with Gasteiger partial charge < -0.3 is 19.4 Å². The number of likely N-dealkylation sites (tertiary alicyclic amines) is 1. The first kappa shape index (κ1) is 16.4. The van der Waals surface area contributed by atoms with Gasteiger partial charge in [0.1, 0.15) is 12.4 Å². The molecule has 0 unspecified atom stereocenters. The second-order valence-corrected chi connectivity index (χ2v) is 6.85. The summed E-state index contributed by atoms with van der Waals surface area (Å²) in [6.45, 7) is 5.89. The van der Waals surface area contributed by atoms with E-state index in [2.05, 4.69) is 33.2 Å². The Morgan fingerprint density at radius 3 is 2.52 bits per heavy atom. The molecule has 25 heavy (non-hydrogen) atoms. The summed E-state index contributed by atoms with van der Waals surface area (Å²) in [4.78, 5) is 9.78. The van der Waals surface area contributed by atoms with Crippen LogP contribution >= 0.6 is 0 Å². The van der Waals surface area contributed by atoms with Crippen LogP contribution in [-0.4, -0.2) is 62.4 Å². The van der Waals surface area contributed by atoms with Crippen LogP contribution in [0, 0.1) is 5.41 Å². The smallest absolute Gasteiger partial charge is 0.128 e. The molecule has 6 heteroatoms. The molecule has 0 aromatic heterocycles. The predicted molar refractivity (Wildman–Crippen MR) is 98.8 cm³/mol. The molecule has 6 nitrogen and oxygen atoms in total. The third kappa shape index (κ3) is 3.49. The van der Waals surface area contributed by atoms with Gasteiger partial charge in [-0.1, -0.05) is 17.3 Å². The minimum atomic E-state index is 0.644. The lowest BCUT2D eigenvalue weighted by molar-refractivity contribution is 0.122. The van der Waals surface area contributed by atoms with Crippen LogP contribution in [0.4, 0.5) is 5.69 Å². The van der Waals surface area contributed by atoms with Crippen LogP contribution in [0.5, 0.6) is 0 Å². The van der Waals surface area contributed by atoms with E-state index in [-0.39, 0.29) is 0 Å². The number of piperidine rings is 1. The van der Waals surface area contributed by atoms with Crippen LogP contribution in [0.3, 0.4) is 0 Å². The van der Waals surface area contributed by atoms with Gasteiger partial charge in [0.25, 0.3) is 0 Å². The highest BCUT2D eigenvalue weighted by Gasteiger charge is 2.23. The van der Waals surface area contributed by atoms with Crippen molar-refractivity contribution in [3.63, 3.8) is 0 Å². The van der Waals surface area contributed by atoms with Gasteiger partial charge in [-0.3, -0.25) is 5.41 Å². The summed E-state index contributed by atoms with van der Waals surface area (Å²) in [5, 5.41) is 12.9. The van der Waals surface area contributed by atoms with Crippen LogP contribution < -0.4 is 4.90 Å². The minimum absolute atomic E-state index is 0.644. The summed E-state index contributed by atoms with van der Waals surface area (Å²) in [7, 11) is 0. The number of nitrogens with one attached hydrogen (secondary N) is 1. The largest absolute Gasteiger partial charge is 0.395 e. The molecular formula is C19H26N4O2. The molecule has 0 amide bonds. The molecule has 0 bridgehead atoms. The SMILES string of the molecule is N=C(c1ccc(C2=NOCC2)c(N2CCOCC2)c1)N1CCCCC1. The first-order chi connectivity index (χ1) is 12.3. The number of amidine groups is 1. The summed E-state index contributed by atoms with van der Waals surface area (Å²) in [5.74, 6) is 0.644. The van der Waals surface area contributed by atoms with E-state index in [4.69, 9.17) is 15.0 Å². The van der Waals surface area contributed by atoms with Gasteiger partial charge in [-0.25, -0.2) is 0 Å². The lowest BCUT2D eigenvalue weighted by Crippen LogP contribution is -2.38. The van der Waals surface area contributed by atoms with E-state index in [0.717, 1.165) is 68.3 Å². The van der Waals surface area contributed by atoms with Crippen molar-refractivity contribution in [2.24, 2.45) is 5.16 Å². The first-order valence-corrected chi connectivity index (χ1v) is 9.33. The van der Waals surface area contributed by atoms with E-state index in [1.807, 2.05) is 0 Å². The van der Waals surface area contributed by atoms with Gasteiger partial charge in [-0.05, 0) is 25.3 Å². The number of benzene rings is 1. The Hall–Kier alpha value is -2.08. The van der Waals surface area contributed by atoms with Gasteiger partial charge in [-0.15, -0.1) is 0 Å². The minimum Gasteiger partial charge on any atom is -0.395 e. The number of hydrogen-bond donors (Lipinski definition) is 1. The number of nitrogens with zero attached hydrogens (tertiary/aromatic N) is 3. The second-order valence-electron chi connectivity index (χ2n) is 6.85. The quantitative estimate of drug-likeness (QED) is 0.677. The Labute approximate surface area is 148 Å². The highest BCUT2D eigenvalue weighted by molar-refractivity contribution is 6.07. The van der Waals surface area contributed by atoms with Crippen molar-refractivity contribution in [2.75, 3.05) is 50.9 Å². The molecule has 3 aliphatic rings.